The molecule has 2 atom stereocenters. The van der Waals surface area contributed by atoms with E-state index in [9.17, 15) is 10.2 Å². The fourth-order valence-electron chi connectivity index (χ4n) is 1.57. The van der Waals surface area contributed by atoms with Crippen LogP contribution in [0.5, 0.6) is 11.5 Å². The maximum atomic E-state index is 9.75. The third-order valence-corrected chi connectivity index (χ3v) is 2.68. The molecule has 0 spiro atoms. The van der Waals surface area contributed by atoms with Crippen LogP contribution in [-0.4, -0.2) is 36.1 Å². The molecule has 0 radical (unpaired) electrons. The van der Waals surface area contributed by atoms with Crippen LogP contribution < -0.4 is 9.47 Å². The van der Waals surface area contributed by atoms with Crippen molar-refractivity contribution in [3.8, 4) is 11.5 Å². The van der Waals surface area contributed by atoms with Gasteiger partial charge >= 0.3 is 0 Å². The van der Waals surface area contributed by atoms with Crippen molar-refractivity contribution in [3.05, 3.63) is 49.1 Å². The Kier molecular flexibility index (Phi) is 7.47. The number of aliphatic hydroxyl groups is 2. The first-order chi connectivity index (χ1) is 9.65. The molecule has 110 valence electrons. The summed E-state index contributed by atoms with van der Waals surface area (Å²) in [6.45, 7) is 3.75. The van der Waals surface area contributed by atoms with E-state index >= 15 is 0 Å². The van der Waals surface area contributed by atoms with Crippen molar-refractivity contribution in [3.63, 3.8) is 0 Å². The highest BCUT2D eigenvalue weighted by Gasteiger charge is 2.04. The standard InChI is InChI=1S/C16H22O4/c1-3-5-13(17)6-4-7-14(18)12-20-16-10-8-15(19-2)9-11-16/h3-4,6,8-11,13-14,17-18H,1,5,7,12H2,2H3/b6-4+/t13-,14+/m1/s1. The molecule has 4 nitrogen and oxygen atoms in total. The molecule has 0 aromatic heterocycles. The molecule has 0 aliphatic rings. The van der Waals surface area contributed by atoms with Crippen molar-refractivity contribution in [2.45, 2.75) is 25.0 Å². The predicted molar refractivity (Wildman–Crippen MR) is 79.1 cm³/mol. The highest BCUT2D eigenvalue weighted by Crippen LogP contribution is 2.17. The Morgan fingerprint density at radius 2 is 1.80 bits per heavy atom. The summed E-state index contributed by atoms with van der Waals surface area (Å²) in [5, 5.41) is 19.2. The molecule has 0 saturated carbocycles. The SMILES string of the molecule is C=CC[C@@H](O)/C=C/C[C@H](O)COc1ccc(OC)cc1. The van der Waals surface area contributed by atoms with Gasteiger partial charge in [-0.2, -0.15) is 0 Å². The van der Waals surface area contributed by atoms with Crippen LogP contribution in [0.15, 0.2) is 49.1 Å². The lowest BCUT2D eigenvalue weighted by molar-refractivity contribution is 0.109. The van der Waals surface area contributed by atoms with Gasteiger partial charge in [-0.25, -0.2) is 0 Å². The molecule has 0 amide bonds. The molecular formula is C16H22O4. The van der Waals surface area contributed by atoms with E-state index < -0.39 is 12.2 Å². The molecule has 1 aromatic carbocycles. The average Bonchev–Trinajstić information content (AvgIpc) is 2.46. The largest absolute Gasteiger partial charge is 0.497 e. The van der Waals surface area contributed by atoms with E-state index in [1.54, 1.807) is 49.6 Å². The van der Waals surface area contributed by atoms with Crippen LogP contribution in [-0.2, 0) is 0 Å². The molecule has 0 aliphatic carbocycles. The zero-order chi connectivity index (χ0) is 14.8. The van der Waals surface area contributed by atoms with Gasteiger partial charge in [0, 0.05) is 0 Å². The van der Waals surface area contributed by atoms with Crippen molar-refractivity contribution >= 4 is 0 Å². The minimum Gasteiger partial charge on any atom is -0.497 e. The fourth-order valence-corrected chi connectivity index (χ4v) is 1.57. The molecule has 4 heteroatoms. The summed E-state index contributed by atoms with van der Waals surface area (Å²) in [6.07, 6.45) is 4.85. The van der Waals surface area contributed by atoms with E-state index in [1.165, 1.54) is 0 Å². The highest BCUT2D eigenvalue weighted by molar-refractivity contribution is 5.31. The molecule has 1 aromatic rings. The first-order valence-corrected chi connectivity index (χ1v) is 6.56. The quantitative estimate of drug-likeness (QED) is 0.681. The molecule has 0 aliphatic heterocycles. The van der Waals surface area contributed by atoms with E-state index in [1.807, 2.05) is 0 Å². The second-order valence-corrected chi connectivity index (χ2v) is 4.40. The van der Waals surface area contributed by atoms with Crippen LogP contribution in [0.1, 0.15) is 12.8 Å². The van der Waals surface area contributed by atoms with E-state index in [0.29, 0.717) is 18.6 Å². The normalized spacial score (nSPS) is 13.9. The minimum atomic E-state index is -0.607. The fraction of sp³-hybridized carbons (Fsp3) is 0.375. The lowest BCUT2D eigenvalue weighted by Crippen LogP contribution is -2.16. The van der Waals surface area contributed by atoms with Gasteiger partial charge in [0.25, 0.3) is 0 Å². The van der Waals surface area contributed by atoms with Crippen LogP contribution in [0.25, 0.3) is 0 Å². The first-order valence-electron chi connectivity index (χ1n) is 6.56. The van der Waals surface area contributed by atoms with E-state index in [-0.39, 0.29) is 6.61 Å². The van der Waals surface area contributed by atoms with Crippen molar-refractivity contribution < 1.29 is 19.7 Å². The van der Waals surface area contributed by atoms with E-state index in [4.69, 9.17) is 9.47 Å². The molecule has 0 heterocycles. The molecule has 20 heavy (non-hydrogen) atoms. The van der Waals surface area contributed by atoms with E-state index in [2.05, 4.69) is 6.58 Å². The maximum absolute atomic E-state index is 9.75. The zero-order valence-electron chi connectivity index (χ0n) is 11.7. The number of ether oxygens (including phenoxy) is 2. The Morgan fingerprint density at radius 1 is 1.15 bits per heavy atom. The number of methoxy groups -OCH3 is 1. The molecule has 2 N–H and O–H groups in total. The van der Waals surface area contributed by atoms with Crippen molar-refractivity contribution in [2.75, 3.05) is 13.7 Å². The topological polar surface area (TPSA) is 58.9 Å². The van der Waals surface area contributed by atoms with Crippen molar-refractivity contribution in [1.29, 1.82) is 0 Å². The Labute approximate surface area is 120 Å². The lowest BCUT2D eigenvalue weighted by Gasteiger charge is -2.11. The lowest BCUT2D eigenvalue weighted by atomic mass is 10.2. The summed E-state index contributed by atoms with van der Waals surface area (Å²) in [4.78, 5) is 0. The summed E-state index contributed by atoms with van der Waals surface area (Å²) in [5.74, 6) is 1.44. The average molecular weight is 278 g/mol. The van der Waals surface area contributed by atoms with Gasteiger partial charge in [-0.05, 0) is 37.1 Å². The molecule has 0 fully saturated rings. The zero-order valence-corrected chi connectivity index (χ0v) is 11.7. The molecular weight excluding hydrogens is 256 g/mol. The van der Waals surface area contributed by atoms with E-state index in [0.717, 1.165) is 5.75 Å². The van der Waals surface area contributed by atoms with Gasteiger partial charge < -0.3 is 19.7 Å². The summed E-state index contributed by atoms with van der Waals surface area (Å²) in [7, 11) is 1.60. The molecule has 0 saturated heterocycles. The maximum Gasteiger partial charge on any atom is 0.119 e. The van der Waals surface area contributed by atoms with Crippen LogP contribution >= 0.6 is 0 Å². The van der Waals surface area contributed by atoms with Crippen LogP contribution in [0.2, 0.25) is 0 Å². The second-order valence-electron chi connectivity index (χ2n) is 4.40. The number of hydrogen-bond acceptors (Lipinski definition) is 4. The third kappa shape index (κ3) is 6.41. The van der Waals surface area contributed by atoms with Crippen molar-refractivity contribution in [1.82, 2.24) is 0 Å². The Hall–Kier alpha value is -1.78. The third-order valence-electron chi connectivity index (χ3n) is 2.68. The smallest absolute Gasteiger partial charge is 0.119 e. The van der Waals surface area contributed by atoms with Crippen LogP contribution in [0.4, 0.5) is 0 Å². The Bertz CT molecular complexity index is 411. The Morgan fingerprint density at radius 3 is 2.40 bits per heavy atom. The second kappa shape index (κ2) is 9.18. The van der Waals surface area contributed by atoms with Crippen LogP contribution in [0, 0.1) is 0 Å². The number of hydrogen-bond donors (Lipinski definition) is 2. The van der Waals surface area contributed by atoms with Gasteiger partial charge in [0.2, 0.25) is 0 Å². The monoisotopic (exact) mass is 278 g/mol. The van der Waals surface area contributed by atoms with Gasteiger partial charge in [0.05, 0.1) is 19.3 Å². The number of benzene rings is 1. The Balaban J connectivity index is 2.28. The van der Waals surface area contributed by atoms with Crippen LogP contribution in [0.3, 0.4) is 0 Å². The molecule has 0 bridgehead atoms. The van der Waals surface area contributed by atoms with Gasteiger partial charge in [0.1, 0.15) is 18.1 Å². The van der Waals surface area contributed by atoms with Crippen molar-refractivity contribution in [2.24, 2.45) is 0 Å². The van der Waals surface area contributed by atoms with Gasteiger partial charge in [-0.1, -0.05) is 18.2 Å². The predicted octanol–water partition coefficient (Wildman–Crippen LogP) is 2.32. The minimum absolute atomic E-state index is 0.203. The summed E-state index contributed by atoms with van der Waals surface area (Å²) in [6, 6.07) is 7.17. The van der Waals surface area contributed by atoms with Gasteiger partial charge in [-0.15, -0.1) is 6.58 Å². The first kappa shape index (κ1) is 16.3. The summed E-state index contributed by atoms with van der Waals surface area (Å²) < 4.78 is 10.5. The van der Waals surface area contributed by atoms with Gasteiger partial charge in [-0.3, -0.25) is 0 Å². The number of aliphatic hydroxyl groups excluding tert-OH is 2. The molecule has 1 rings (SSSR count). The number of rotatable bonds is 9. The molecule has 0 unspecified atom stereocenters. The highest BCUT2D eigenvalue weighted by atomic mass is 16.5. The summed E-state index contributed by atoms with van der Waals surface area (Å²) >= 11 is 0. The summed E-state index contributed by atoms with van der Waals surface area (Å²) in [5.41, 5.74) is 0. The van der Waals surface area contributed by atoms with Gasteiger partial charge in [0.15, 0.2) is 0 Å².